The van der Waals surface area contributed by atoms with Crippen molar-refractivity contribution in [3.63, 3.8) is 0 Å². The molecule has 1 aliphatic carbocycles. The smallest absolute Gasteiger partial charge is 0.167 e. The summed E-state index contributed by atoms with van der Waals surface area (Å²) in [6.07, 6.45) is 2.12. The Labute approximate surface area is 88.9 Å². The molecule has 0 radical (unpaired) electrons. The van der Waals surface area contributed by atoms with Crippen LogP contribution in [0, 0.1) is 0 Å². The predicted molar refractivity (Wildman–Crippen MR) is 60.1 cm³/mol. The van der Waals surface area contributed by atoms with E-state index in [-0.39, 0.29) is 5.78 Å². The minimum Gasteiger partial charge on any atom is -0.490 e. The van der Waals surface area contributed by atoms with Gasteiger partial charge in [0.1, 0.15) is 12.4 Å². The molecule has 2 nitrogen and oxygen atoms in total. The molecule has 1 aromatic rings. The molecule has 0 heterocycles. The summed E-state index contributed by atoms with van der Waals surface area (Å²) < 4.78 is 5.39. The summed E-state index contributed by atoms with van der Waals surface area (Å²) in [5.74, 6) is 0.898. The first kappa shape index (κ1) is 9.71. The fraction of sp³-hybridized carbons (Fsp3) is 0.154. The molecule has 1 aromatic carbocycles. The Balaban J connectivity index is 2.34. The number of carbonyl (C=O) groups excluding carboxylic acids is 1. The molecule has 2 rings (SSSR count). The Morgan fingerprint density at radius 2 is 2.20 bits per heavy atom. The molecule has 1 aliphatic rings. The Morgan fingerprint density at radius 1 is 1.40 bits per heavy atom. The monoisotopic (exact) mass is 200 g/mol. The highest BCUT2D eigenvalue weighted by Crippen LogP contribution is 2.33. The van der Waals surface area contributed by atoms with E-state index in [4.69, 9.17) is 4.74 Å². The number of hydrogen-bond donors (Lipinski definition) is 0. The van der Waals surface area contributed by atoms with E-state index in [0.29, 0.717) is 13.0 Å². The largest absolute Gasteiger partial charge is 0.490 e. The molecule has 0 spiro atoms. The van der Waals surface area contributed by atoms with Crippen LogP contribution in [-0.4, -0.2) is 12.4 Å². The maximum atomic E-state index is 11.5. The zero-order valence-electron chi connectivity index (χ0n) is 8.45. The molecule has 0 bridgehead atoms. The van der Waals surface area contributed by atoms with E-state index in [1.54, 1.807) is 18.2 Å². The van der Waals surface area contributed by atoms with Crippen molar-refractivity contribution in [3.8, 4) is 5.75 Å². The van der Waals surface area contributed by atoms with Crippen LogP contribution in [0.5, 0.6) is 5.75 Å². The van der Waals surface area contributed by atoms with Crippen molar-refractivity contribution in [2.24, 2.45) is 0 Å². The molecule has 0 atom stereocenters. The van der Waals surface area contributed by atoms with Gasteiger partial charge in [-0.15, -0.1) is 0 Å². The van der Waals surface area contributed by atoms with Crippen molar-refractivity contribution < 1.29 is 9.53 Å². The fourth-order valence-electron chi connectivity index (χ4n) is 1.69. The van der Waals surface area contributed by atoms with Gasteiger partial charge in [0.2, 0.25) is 0 Å². The van der Waals surface area contributed by atoms with Gasteiger partial charge in [-0.25, -0.2) is 0 Å². The van der Waals surface area contributed by atoms with Crippen LogP contribution >= 0.6 is 0 Å². The van der Waals surface area contributed by atoms with Crippen molar-refractivity contribution in [2.45, 2.75) is 6.42 Å². The van der Waals surface area contributed by atoms with Crippen LogP contribution in [0.25, 0.3) is 5.57 Å². The first-order valence-corrected chi connectivity index (χ1v) is 4.81. The summed E-state index contributed by atoms with van der Waals surface area (Å²) in [5.41, 5.74) is 2.55. The summed E-state index contributed by atoms with van der Waals surface area (Å²) in [4.78, 5) is 11.5. The van der Waals surface area contributed by atoms with Crippen molar-refractivity contribution in [1.82, 2.24) is 0 Å². The van der Waals surface area contributed by atoms with Crippen molar-refractivity contribution in [3.05, 3.63) is 48.6 Å². The number of ketones is 1. The van der Waals surface area contributed by atoms with Gasteiger partial charge in [-0.2, -0.15) is 0 Å². The number of fused-ring (bicyclic) bond motifs is 1. The summed E-state index contributed by atoms with van der Waals surface area (Å²) in [7, 11) is 0. The van der Waals surface area contributed by atoms with Crippen molar-refractivity contribution in [2.75, 3.05) is 6.61 Å². The Kier molecular flexibility index (Phi) is 2.42. The molecule has 0 aliphatic heterocycles. The molecule has 0 saturated heterocycles. The number of hydrogen-bond acceptors (Lipinski definition) is 2. The lowest BCUT2D eigenvalue weighted by molar-refractivity contribution is 0.100. The lowest BCUT2D eigenvalue weighted by Gasteiger charge is -2.05. The van der Waals surface area contributed by atoms with Crippen molar-refractivity contribution in [1.29, 1.82) is 0 Å². The predicted octanol–water partition coefficient (Wildman–Crippen LogP) is 2.85. The third kappa shape index (κ3) is 1.71. The number of carbonyl (C=O) groups is 1. The second-order valence-corrected chi connectivity index (χ2v) is 3.51. The summed E-state index contributed by atoms with van der Waals surface area (Å²) >= 11 is 0. The number of Topliss-reactive ketones (excluding diaryl/α,β-unsaturated/α-hetero) is 1. The average molecular weight is 200 g/mol. The van der Waals surface area contributed by atoms with Crippen LogP contribution < -0.4 is 4.74 Å². The van der Waals surface area contributed by atoms with Gasteiger partial charge < -0.3 is 4.74 Å². The summed E-state index contributed by atoms with van der Waals surface area (Å²) in [5, 5.41) is 0. The third-order valence-electron chi connectivity index (χ3n) is 2.41. The quantitative estimate of drug-likeness (QED) is 0.701. The van der Waals surface area contributed by atoms with Crippen LogP contribution in [0.15, 0.2) is 37.4 Å². The van der Waals surface area contributed by atoms with Gasteiger partial charge in [0.05, 0.1) is 0 Å². The molecule has 15 heavy (non-hydrogen) atoms. The first-order valence-electron chi connectivity index (χ1n) is 4.81. The van der Waals surface area contributed by atoms with Gasteiger partial charge in [-0.1, -0.05) is 19.2 Å². The maximum Gasteiger partial charge on any atom is 0.167 e. The fourth-order valence-corrected chi connectivity index (χ4v) is 1.69. The van der Waals surface area contributed by atoms with E-state index >= 15 is 0 Å². The van der Waals surface area contributed by atoms with Gasteiger partial charge in [0.15, 0.2) is 5.78 Å². The minimum atomic E-state index is 0.144. The number of rotatable bonds is 3. The second kappa shape index (κ2) is 3.73. The topological polar surface area (TPSA) is 26.3 Å². The Morgan fingerprint density at radius 3 is 2.93 bits per heavy atom. The third-order valence-corrected chi connectivity index (χ3v) is 2.41. The van der Waals surface area contributed by atoms with Gasteiger partial charge >= 0.3 is 0 Å². The van der Waals surface area contributed by atoms with Gasteiger partial charge in [0, 0.05) is 12.0 Å². The normalized spacial score (nSPS) is 13.9. The summed E-state index contributed by atoms with van der Waals surface area (Å²) in [6.45, 7) is 7.92. The molecule has 0 saturated carbocycles. The average Bonchev–Trinajstić information content (AvgIpc) is 2.52. The molecule has 0 N–H and O–H groups in total. The van der Waals surface area contributed by atoms with Crippen LogP contribution in [0.3, 0.4) is 0 Å². The first-order chi connectivity index (χ1) is 7.22. The summed E-state index contributed by atoms with van der Waals surface area (Å²) in [6, 6.07) is 5.47. The molecule has 0 amide bonds. The van der Waals surface area contributed by atoms with Crippen LogP contribution in [0.1, 0.15) is 22.3 Å². The molecule has 2 heteroatoms. The molecule has 0 aromatic heterocycles. The standard InChI is InChI=1S/C13H12O2/c1-3-6-15-10-4-5-11-12(8-10)9(2)7-13(11)14/h3-5,8H,1-2,6-7H2. The molecular formula is C13H12O2. The van der Waals surface area contributed by atoms with Crippen LogP contribution in [0.2, 0.25) is 0 Å². The van der Waals surface area contributed by atoms with E-state index in [1.807, 2.05) is 6.07 Å². The molecular weight excluding hydrogens is 188 g/mol. The van der Waals surface area contributed by atoms with Gasteiger partial charge in [-0.3, -0.25) is 4.79 Å². The lowest BCUT2D eigenvalue weighted by Crippen LogP contribution is -1.95. The van der Waals surface area contributed by atoms with E-state index in [1.165, 1.54) is 0 Å². The van der Waals surface area contributed by atoms with Crippen LogP contribution in [0.4, 0.5) is 0 Å². The highest BCUT2D eigenvalue weighted by atomic mass is 16.5. The molecule has 0 fully saturated rings. The highest BCUT2D eigenvalue weighted by molar-refractivity contribution is 6.11. The van der Waals surface area contributed by atoms with Gasteiger partial charge in [0.25, 0.3) is 0 Å². The van der Waals surface area contributed by atoms with E-state index in [2.05, 4.69) is 13.2 Å². The number of benzene rings is 1. The second-order valence-electron chi connectivity index (χ2n) is 3.51. The van der Waals surface area contributed by atoms with Gasteiger partial charge in [-0.05, 0) is 29.3 Å². The SMILES string of the molecule is C=CCOc1ccc2c(c1)C(=C)CC2=O. The zero-order chi connectivity index (χ0) is 10.8. The van der Waals surface area contributed by atoms with Crippen LogP contribution in [-0.2, 0) is 0 Å². The number of allylic oxidation sites excluding steroid dienone is 1. The lowest BCUT2D eigenvalue weighted by atomic mass is 10.1. The number of ether oxygens (including phenoxy) is 1. The van der Waals surface area contributed by atoms with E-state index in [0.717, 1.165) is 22.4 Å². The highest BCUT2D eigenvalue weighted by Gasteiger charge is 2.22. The molecule has 0 unspecified atom stereocenters. The van der Waals surface area contributed by atoms with E-state index in [9.17, 15) is 4.79 Å². The van der Waals surface area contributed by atoms with Crippen molar-refractivity contribution >= 4 is 11.4 Å². The maximum absolute atomic E-state index is 11.5. The van der Waals surface area contributed by atoms with E-state index < -0.39 is 0 Å². The zero-order valence-corrected chi connectivity index (χ0v) is 8.45. The Hall–Kier alpha value is -1.83. The minimum absolute atomic E-state index is 0.144. The molecule has 76 valence electrons. The Bertz CT molecular complexity index is 444.